The number of benzene rings is 4. The van der Waals surface area contributed by atoms with Crippen molar-refractivity contribution in [3.8, 4) is 22.3 Å². The highest BCUT2D eigenvalue weighted by Crippen LogP contribution is 2.43. The van der Waals surface area contributed by atoms with Gasteiger partial charge < -0.3 is 9.47 Å². The quantitative estimate of drug-likeness (QED) is 0.0792. The minimum absolute atomic E-state index is 0.266. The van der Waals surface area contributed by atoms with Crippen LogP contribution >= 0.6 is 0 Å². The fourth-order valence-electron chi connectivity index (χ4n) is 7.84. The number of hydrogen-bond donors (Lipinski definition) is 0. The zero-order valence-corrected chi connectivity index (χ0v) is 33.3. The maximum atomic E-state index is 13.8. The molecule has 2 aliphatic carbocycles. The molecule has 0 aromatic heterocycles. The molecule has 0 heterocycles. The molecule has 9 heteroatoms. The van der Waals surface area contributed by atoms with Crippen molar-refractivity contribution < 1.29 is 43.4 Å². The first-order valence-electron chi connectivity index (χ1n) is 19.8. The smallest absolute Gasteiger partial charge is 0.425 e. The van der Waals surface area contributed by atoms with Crippen LogP contribution in [0.3, 0.4) is 0 Å². The summed E-state index contributed by atoms with van der Waals surface area (Å²) < 4.78 is 12.2. The normalized spacial score (nSPS) is 25.0. The lowest BCUT2D eigenvalue weighted by molar-refractivity contribution is -0.327. The summed E-state index contributed by atoms with van der Waals surface area (Å²) in [7, 11) is 0. The Labute approximate surface area is 330 Å². The van der Waals surface area contributed by atoms with Crippen LogP contribution in [-0.4, -0.2) is 41.5 Å². The summed E-state index contributed by atoms with van der Waals surface area (Å²) in [6.45, 7) is 12.1. The summed E-state index contributed by atoms with van der Waals surface area (Å²) in [6, 6.07) is 34.0. The van der Waals surface area contributed by atoms with Gasteiger partial charge in [0.15, 0.2) is 0 Å². The van der Waals surface area contributed by atoms with Crippen molar-refractivity contribution in [2.45, 2.75) is 103 Å². The molecule has 296 valence electrons. The molecule has 9 nitrogen and oxygen atoms in total. The van der Waals surface area contributed by atoms with Gasteiger partial charge in [0.05, 0.1) is 11.1 Å². The number of rotatable bonds is 12. The third-order valence-electron chi connectivity index (χ3n) is 11.9. The van der Waals surface area contributed by atoms with E-state index in [0.717, 1.165) is 35.1 Å². The maximum absolute atomic E-state index is 13.8. The average Bonchev–Trinajstić information content (AvgIpc) is 3.20. The summed E-state index contributed by atoms with van der Waals surface area (Å²) in [5.41, 5.74) is 2.39. The monoisotopic (exact) mass is 762 g/mol. The van der Waals surface area contributed by atoms with E-state index in [0.29, 0.717) is 48.6 Å². The molecule has 2 fully saturated rings. The van der Waals surface area contributed by atoms with Crippen molar-refractivity contribution in [2.75, 3.05) is 0 Å². The highest BCUT2D eigenvalue weighted by atomic mass is 17.2. The summed E-state index contributed by atoms with van der Waals surface area (Å²) in [5, 5.41) is 0. The summed E-state index contributed by atoms with van der Waals surface area (Å²) in [6.07, 6.45) is 1.19. The largest absolute Gasteiger partial charge is 0.509 e. The minimum Gasteiger partial charge on any atom is -0.425 e. The van der Waals surface area contributed by atoms with Crippen LogP contribution < -0.4 is 0 Å². The van der Waals surface area contributed by atoms with Crippen LogP contribution in [0.25, 0.3) is 22.3 Å². The Bertz CT molecular complexity index is 1770. The fourth-order valence-corrected chi connectivity index (χ4v) is 7.84. The Morgan fingerprint density at radius 2 is 0.857 bits per heavy atom. The van der Waals surface area contributed by atoms with E-state index in [1.54, 1.807) is 38.1 Å². The molecule has 0 bridgehead atoms. The topological polar surface area (TPSA) is 107 Å². The molecule has 6 rings (SSSR count). The Kier molecular flexibility index (Phi) is 13.0. The number of carbonyl (C=O) groups is 3. The van der Waals surface area contributed by atoms with E-state index in [1.807, 2.05) is 84.9 Å². The molecule has 4 aromatic carbocycles. The van der Waals surface area contributed by atoms with E-state index in [4.69, 9.17) is 29.0 Å². The van der Waals surface area contributed by atoms with E-state index in [-0.39, 0.29) is 11.8 Å². The maximum Gasteiger partial charge on any atom is 0.509 e. The molecule has 0 saturated heterocycles. The molecule has 6 unspecified atom stereocenters. The lowest BCUT2D eigenvalue weighted by Gasteiger charge is -2.45. The summed E-state index contributed by atoms with van der Waals surface area (Å²) in [4.78, 5) is 62.6. The summed E-state index contributed by atoms with van der Waals surface area (Å²) >= 11 is 0. The number of carbonyl (C=O) groups excluding carboxylic acids is 3. The fraction of sp³-hybridized carbons (Fsp3) is 0.426. The van der Waals surface area contributed by atoms with Crippen LogP contribution in [0.4, 0.5) is 4.79 Å². The van der Waals surface area contributed by atoms with Crippen LogP contribution in [0.5, 0.6) is 0 Å². The Morgan fingerprint density at radius 3 is 1.20 bits per heavy atom. The van der Waals surface area contributed by atoms with Gasteiger partial charge in [0.2, 0.25) is 0 Å². The zero-order valence-electron chi connectivity index (χ0n) is 33.3. The van der Waals surface area contributed by atoms with E-state index < -0.39 is 41.5 Å². The van der Waals surface area contributed by atoms with Crippen molar-refractivity contribution in [3.63, 3.8) is 0 Å². The second kappa shape index (κ2) is 17.9. The van der Waals surface area contributed by atoms with Gasteiger partial charge in [-0.25, -0.2) is 14.4 Å². The van der Waals surface area contributed by atoms with Gasteiger partial charge in [-0.3, -0.25) is 9.78 Å². The summed E-state index contributed by atoms with van der Waals surface area (Å²) in [5.74, 6) is -0.0630. The van der Waals surface area contributed by atoms with Crippen molar-refractivity contribution in [1.82, 2.24) is 0 Å². The average molecular weight is 763 g/mol. The first-order valence-corrected chi connectivity index (χ1v) is 19.8. The molecular formula is C47H54O9. The van der Waals surface area contributed by atoms with E-state index in [1.165, 1.54) is 0 Å². The molecule has 56 heavy (non-hydrogen) atoms. The molecule has 2 saturated carbocycles. The Balaban J connectivity index is 1.10. The van der Waals surface area contributed by atoms with Crippen molar-refractivity contribution in [3.05, 3.63) is 120 Å². The molecule has 6 atom stereocenters. The van der Waals surface area contributed by atoms with E-state index >= 15 is 0 Å². The van der Waals surface area contributed by atoms with Gasteiger partial charge in [-0.15, -0.1) is 0 Å². The van der Waals surface area contributed by atoms with E-state index in [9.17, 15) is 14.4 Å². The molecule has 0 amide bonds. The van der Waals surface area contributed by atoms with Crippen LogP contribution in [0.1, 0.15) is 101 Å². The van der Waals surface area contributed by atoms with Gasteiger partial charge in [-0.1, -0.05) is 113 Å². The highest BCUT2D eigenvalue weighted by Gasteiger charge is 2.50. The zero-order chi connectivity index (χ0) is 39.9. The Morgan fingerprint density at radius 1 is 0.518 bits per heavy atom. The van der Waals surface area contributed by atoms with Gasteiger partial charge in [0, 0.05) is 0 Å². The molecule has 0 N–H and O–H groups in total. The number of ether oxygens (including phenoxy) is 2. The first-order chi connectivity index (χ1) is 26.8. The van der Waals surface area contributed by atoms with Gasteiger partial charge in [0.1, 0.15) is 23.4 Å². The van der Waals surface area contributed by atoms with Crippen molar-refractivity contribution in [1.29, 1.82) is 0 Å². The predicted octanol–water partition coefficient (Wildman–Crippen LogP) is 11.2. The molecule has 4 aromatic rings. The third-order valence-corrected chi connectivity index (χ3v) is 11.9. The van der Waals surface area contributed by atoms with Gasteiger partial charge >= 0.3 is 18.1 Å². The van der Waals surface area contributed by atoms with E-state index in [2.05, 4.69) is 27.7 Å². The third kappa shape index (κ3) is 9.87. The van der Waals surface area contributed by atoms with Gasteiger partial charge in [-0.2, -0.15) is 9.78 Å². The van der Waals surface area contributed by atoms with Crippen molar-refractivity contribution in [2.24, 2.45) is 23.7 Å². The second-order valence-electron chi connectivity index (χ2n) is 16.4. The van der Waals surface area contributed by atoms with Crippen LogP contribution in [-0.2, 0) is 29.0 Å². The lowest BCUT2D eigenvalue weighted by atomic mass is 9.73. The molecular weight excluding hydrogens is 709 g/mol. The lowest BCUT2D eigenvalue weighted by Crippen LogP contribution is -2.53. The Hall–Kier alpha value is -4.99. The standard InChI is InChI=1S/C47H54O9/c1-31(2)39-25-27-46(5,41(29-39)53-55-43(48)37-21-17-35(18-22-37)33-13-9-7-10-14-33)51-45(50)52-47(6)28-26-40(32(3)4)30-42(47)54-56-44(49)38-23-19-36(20-24-38)34-15-11-8-12-16-34/h7-24,31-32,39-42H,25-30H2,1-6H3. The minimum atomic E-state index is -1.15. The predicted molar refractivity (Wildman–Crippen MR) is 213 cm³/mol. The SMILES string of the molecule is CC(C)C1CCC(C)(OC(=O)OC2(C)CCC(C(C)C)CC2OOC(=O)c2ccc(-c3ccccc3)cc2)C(OOC(=O)c2ccc(-c3ccccc3)cc2)C1. The molecule has 0 aliphatic heterocycles. The molecule has 0 radical (unpaired) electrons. The van der Waals surface area contributed by atoms with Gasteiger partial charge in [-0.05, 0) is 123 Å². The molecule has 2 aliphatic rings. The van der Waals surface area contributed by atoms with Crippen molar-refractivity contribution >= 4 is 18.1 Å². The number of hydrogen-bond acceptors (Lipinski definition) is 9. The van der Waals surface area contributed by atoms with Crippen LogP contribution in [0.15, 0.2) is 109 Å². The van der Waals surface area contributed by atoms with Gasteiger partial charge in [0.25, 0.3) is 0 Å². The van der Waals surface area contributed by atoms with Crippen LogP contribution in [0, 0.1) is 23.7 Å². The molecule has 0 spiro atoms. The highest BCUT2D eigenvalue weighted by molar-refractivity contribution is 5.90. The first kappa shape index (κ1) is 40.7. The van der Waals surface area contributed by atoms with Crippen LogP contribution in [0.2, 0.25) is 0 Å². The second-order valence-corrected chi connectivity index (χ2v) is 16.4.